The van der Waals surface area contributed by atoms with Crippen molar-refractivity contribution in [1.29, 1.82) is 0 Å². The molecule has 3 nitrogen and oxygen atoms in total. The third-order valence-electron chi connectivity index (χ3n) is 3.21. The van der Waals surface area contributed by atoms with Crippen molar-refractivity contribution in [3.05, 3.63) is 59.4 Å². The summed E-state index contributed by atoms with van der Waals surface area (Å²) in [5.74, 6) is 0.803. The Labute approximate surface area is 118 Å². The van der Waals surface area contributed by atoms with Crippen LogP contribution in [-0.4, -0.2) is 12.2 Å². The van der Waals surface area contributed by atoms with Crippen LogP contribution < -0.4 is 10.1 Å². The molecule has 0 aliphatic rings. The van der Waals surface area contributed by atoms with Crippen LogP contribution >= 0.6 is 0 Å². The summed E-state index contributed by atoms with van der Waals surface area (Å²) >= 11 is 0. The molecule has 0 spiro atoms. The minimum absolute atomic E-state index is 0.0116. The topological polar surface area (TPSA) is 41.5 Å². The van der Waals surface area contributed by atoms with Crippen LogP contribution in [0.3, 0.4) is 0 Å². The number of hydrogen-bond acceptors (Lipinski definition) is 3. The summed E-state index contributed by atoms with van der Waals surface area (Å²) in [6.45, 7) is 1.86. The van der Waals surface area contributed by atoms with E-state index in [1.807, 2.05) is 6.92 Å². The average Bonchev–Trinajstić information content (AvgIpc) is 2.47. The molecule has 2 aromatic carbocycles. The molecule has 0 bridgehead atoms. The second kappa shape index (κ2) is 6.50. The molecule has 0 saturated heterocycles. The van der Waals surface area contributed by atoms with Crippen LogP contribution in [0.25, 0.3) is 0 Å². The number of ether oxygens (including phenoxy) is 1. The van der Waals surface area contributed by atoms with E-state index in [0.29, 0.717) is 17.1 Å². The second-order valence-electron chi connectivity index (χ2n) is 4.57. The zero-order valence-corrected chi connectivity index (χ0v) is 11.6. The molecule has 0 heterocycles. The van der Waals surface area contributed by atoms with Gasteiger partial charge in [0, 0.05) is 11.6 Å². The molecule has 0 aromatic heterocycles. The van der Waals surface area contributed by atoms with Crippen LogP contribution in [0.15, 0.2) is 42.5 Å². The summed E-state index contributed by atoms with van der Waals surface area (Å²) in [5.41, 5.74) is 1.31. The van der Waals surface area contributed by atoms with Crippen LogP contribution in [0.5, 0.6) is 11.5 Å². The first-order chi connectivity index (χ1) is 9.65. The lowest BCUT2D eigenvalue weighted by Crippen LogP contribution is -2.14. The molecular weight excluding hydrogens is 257 g/mol. The highest BCUT2D eigenvalue weighted by Gasteiger charge is 2.15. The van der Waals surface area contributed by atoms with Gasteiger partial charge < -0.3 is 15.2 Å². The van der Waals surface area contributed by atoms with Crippen LogP contribution in [-0.2, 0) is 6.61 Å². The minimum atomic E-state index is -0.295. The lowest BCUT2D eigenvalue weighted by molar-refractivity contribution is 0.281. The Kier molecular flexibility index (Phi) is 4.71. The highest BCUT2D eigenvalue weighted by Crippen LogP contribution is 2.31. The molecule has 20 heavy (non-hydrogen) atoms. The Morgan fingerprint density at radius 2 is 1.90 bits per heavy atom. The lowest BCUT2D eigenvalue weighted by atomic mass is 10.1. The van der Waals surface area contributed by atoms with E-state index < -0.39 is 0 Å². The van der Waals surface area contributed by atoms with E-state index in [9.17, 15) is 4.39 Å². The lowest BCUT2D eigenvalue weighted by Gasteiger charge is -2.17. The Morgan fingerprint density at radius 3 is 2.50 bits per heavy atom. The maximum Gasteiger partial charge on any atom is 0.135 e. The molecule has 0 amide bonds. The molecule has 0 saturated carbocycles. The fourth-order valence-corrected chi connectivity index (χ4v) is 1.96. The van der Waals surface area contributed by atoms with Crippen molar-refractivity contribution in [2.45, 2.75) is 19.6 Å². The Bertz CT molecular complexity index is 569. The van der Waals surface area contributed by atoms with Gasteiger partial charge in [0.2, 0.25) is 0 Å². The first-order valence-electron chi connectivity index (χ1n) is 6.49. The quantitative estimate of drug-likeness (QED) is 0.879. The predicted molar refractivity (Wildman–Crippen MR) is 76.3 cm³/mol. The molecule has 2 N–H and O–H groups in total. The van der Waals surface area contributed by atoms with E-state index in [4.69, 9.17) is 9.84 Å². The van der Waals surface area contributed by atoms with E-state index in [1.54, 1.807) is 43.4 Å². The highest BCUT2D eigenvalue weighted by molar-refractivity contribution is 5.41. The molecule has 1 atom stereocenters. The SMILES string of the molecule is CNC(C)c1c(F)cccc1Oc1ccc(CO)cc1. The summed E-state index contributed by atoms with van der Waals surface area (Å²) in [4.78, 5) is 0. The molecule has 0 aliphatic heterocycles. The van der Waals surface area contributed by atoms with Gasteiger partial charge in [0.15, 0.2) is 0 Å². The fourth-order valence-electron chi connectivity index (χ4n) is 1.96. The monoisotopic (exact) mass is 275 g/mol. The largest absolute Gasteiger partial charge is 0.457 e. The molecule has 1 unspecified atom stereocenters. The van der Waals surface area contributed by atoms with Gasteiger partial charge in [-0.3, -0.25) is 0 Å². The maximum atomic E-state index is 14.0. The van der Waals surface area contributed by atoms with Gasteiger partial charge in [-0.05, 0) is 43.8 Å². The number of rotatable bonds is 5. The Hall–Kier alpha value is -1.91. The van der Waals surface area contributed by atoms with Crippen LogP contribution in [0.1, 0.15) is 24.1 Å². The molecule has 0 aliphatic carbocycles. The van der Waals surface area contributed by atoms with Gasteiger partial charge in [-0.25, -0.2) is 4.39 Å². The molecule has 2 rings (SSSR count). The number of nitrogens with one attached hydrogen (secondary N) is 1. The third-order valence-corrected chi connectivity index (χ3v) is 3.21. The van der Waals surface area contributed by atoms with Crippen LogP contribution in [0.4, 0.5) is 4.39 Å². The smallest absolute Gasteiger partial charge is 0.135 e. The molecule has 4 heteroatoms. The summed E-state index contributed by atoms with van der Waals surface area (Å²) in [7, 11) is 1.77. The van der Waals surface area contributed by atoms with E-state index >= 15 is 0 Å². The maximum absolute atomic E-state index is 14.0. The zero-order chi connectivity index (χ0) is 14.5. The van der Waals surface area contributed by atoms with E-state index in [-0.39, 0.29) is 18.5 Å². The number of aliphatic hydroxyl groups is 1. The number of benzene rings is 2. The van der Waals surface area contributed by atoms with E-state index in [1.165, 1.54) is 6.07 Å². The van der Waals surface area contributed by atoms with Gasteiger partial charge in [0.1, 0.15) is 17.3 Å². The summed E-state index contributed by atoms with van der Waals surface area (Å²) in [6, 6.07) is 11.7. The molecule has 0 fully saturated rings. The highest BCUT2D eigenvalue weighted by atomic mass is 19.1. The van der Waals surface area contributed by atoms with Crippen LogP contribution in [0.2, 0.25) is 0 Å². The third kappa shape index (κ3) is 3.15. The second-order valence-corrected chi connectivity index (χ2v) is 4.57. The van der Waals surface area contributed by atoms with Gasteiger partial charge in [0.25, 0.3) is 0 Å². The van der Waals surface area contributed by atoms with Gasteiger partial charge in [-0.15, -0.1) is 0 Å². The van der Waals surface area contributed by atoms with Crippen molar-refractivity contribution in [1.82, 2.24) is 5.32 Å². The molecule has 0 radical (unpaired) electrons. The first kappa shape index (κ1) is 14.5. The predicted octanol–water partition coefficient (Wildman–Crippen LogP) is 3.39. The Balaban J connectivity index is 2.30. The molecule has 2 aromatic rings. The van der Waals surface area contributed by atoms with E-state index in [2.05, 4.69) is 5.32 Å². The molecule has 106 valence electrons. The average molecular weight is 275 g/mol. The summed E-state index contributed by atoms with van der Waals surface area (Å²) < 4.78 is 19.7. The summed E-state index contributed by atoms with van der Waals surface area (Å²) in [5, 5.41) is 12.0. The van der Waals surface area contributed by atoms with Crippen molar-refractivity contribution >= 4 is 0 Å². The van der Waals surface area contributed by atoms with Gasteiger partial charge in [0.05, 0.1) is 6.61 Å². The van der Waals surface area contributed by atoms with Crippen molar-refractivity contribution in [2.75, 3.05) is 7.05 Å². The van der Waals surface area contributed by atoms with Crippen molar-refractivity contribution in [3.8, 4) is 11.5 Å². The number of hydrogen-bond donors (Lipinski definition) is 2. The first-order valence-corrected chi connectivity index (χ1v) is 6.49. The molecular formula is C16H18FNO2. The number of aliphatic hydroxyl groups excluding tert-OH is 1. The number of halogens is 1. The fraction of sp³-hybridized carbons (Fsp3) is 0.250. The van der Waals surface area contributed by atoms with Crippen molar-refractivity contribution in [3.63, 3.8) is 0 Å². The van der Waals surface area contributed by atoms with Gasteiger partial charge in [-0.1, -0.05) is 18.2 Å². The van der Waals surface area contributed by atoms with E-state index in [0.717, 1.165) is 5.56 Å². The van der Waals surface area contributed by atoms with Crippen molar-refractivity contribution < 1.29 is 14.2 Å². The summed E-state index contributed by atoms with van der Waals surface area (Å²) in [6.07, 6.45) is 0. The van der Waals surface area contributed by atoms with Gasteiger partial charge >= 0.3 is 0 Å². The van der Waals surface area contributed by atoms with Gasteiger partial charge in [-0.2, -0.15) is 0 Å². The Morgan fingerprint density at radius 1 is 1.20 bits per heavy atom. The zero-order valence-electron chi connectivity index (χ0n) is 11.6. The van der Waals surface area contributed by atoms with Crippen molar-refractivity contribution in [2.24, 2.45) is 0 Å². The minimum Gasteiger partial charge on any atom is -0.457 e. The standard InChI is InChI=1S/C16H18FNO2/c1-11(18-2)16-14(17)4-3-5-15(16)20-13-8-6-12(10-19)7-9-13/h3-9,11,18-19H,10H2,1-2H3. The normalized spacial score (nSPS) is 12.2. The van der Waals surface area contributed by atoms with Crippen LogP contribution in [0, 0.1) is 5.82 Å².